The maximum atomic E-state index is 13.7. The molecule has 0 atom stereocenters. The minimum absolute atomic E-state index is 0.0796. The summed E-state index contributed by atoms with van der Waals surface area (Å²) in [6, 6.07) is 10.8. The number of halogens is 1. The van der Waals surface area contributed by atoms with E-state index in [0.717, 1.165) is 6.07 Å². The molecule has 0 aliphatic rings. The third-order valence-electron chi connectivity index (χ3n) is 3.27. The second kappa shape index (κ2) is 7.39. The first kappa shape index (κ1) is 16.4. The van der Waals surface area contributed by atoms with E-state index in [1.807, 2.05) is 0 Å². The first-order chi connectivity index (χ1) is 12.2. The van der Waals surface area contributed by atoms with Crippen LogP contribution in [0.5, 0.6) is 17.4 Å². The number of hydrogen-bond donors (Lipinski definition) is 1. The van der Waals surface area contributed by atoms with E-state index in [-0.39, 0.29) is 11.3 Å². The third-order valence-corrected chi connectivity index (χ3v) is 3.27. The van der Waals surface area contributed by atoms with Crippen molar-refractivity contribution in [2.45, 2.75) is 0 Å². The Morgan fingerprint density at radius 2 is 2.04 bits per heavy atom. The van der Waals surface area contributed by atoms with Crippen molar-refractivity contribution in [3.63, 3.8) is 0 Å². The van der Waals surface area contributed by atoms with E-state index in [9.17, 15) is 9.18 Å². The summed E-state index contributed by atoms with van der Waals surface area (Å²) in [5, 5.41) is 2.69. The van der Waals surface area contributed by atoms with Crippen LogP contribution in [0.15, 0.2) is 61.1 Å². The lowest BCUT2D eigenvalue weighted by atomic mass is 10.2. The Morgan fingerprint density at radius 3 is 2.76 bits per heavy atom. The van der Waals surface area contributed by atoms with Gasteiger partial charge in [-0.05, 0) is 30.3 Å². The summed E-state index contributed by atoms with van der Waals surface area (Å²) in [5.41, 5.74) is 0.682. The van der Waals surface area contributed by atoms with Gasteiger partial charge < -0.3 is 14.8 Å². The van der Waals surface area contributed by atoms with E-state index in [4.69, 9.17) is 9.47 Å². The van der Waals surface area contributed by atoms with Crippen LogP contribution in [-0.2, 0) is 0 Å². The first-order valence-electron chi connectivity index (χ1n) is 7.34. The summed E-state index contributed by atoms with van der Waals surface area (Å²) < 4.78 is 24.1. The van der Waals surface area contributed by atoms with E-state index in [0.29, 0.717) is 17.3 Å². The quantitative estimate of drug-likeness (QED) is 0.768. The number of benzene rings is 2. The molecular formula is C18H14FN3O3. The van der Waals surface area contributed by atoms with Crippen molar-refractivity contribution < 1.29 is 18.7 Å². The molecule has 0 spiro atoms. The Labute approximate surface area is 143 Å². The zero-order valence-electron chi connectivity index (χ0n) is 13.3. The van der Waals surface area contributed by atoms with Crippen molar-refractivity contribution in [1.82, 2.24) is 9.97 Å². The van der Waals surface area contributed by atoms with E-state index >= 15 is 0 Å². The van der Waals surface area contributed by atoms with Crippen molar-refractivity contribution in [1.29, 1.82) is 0 Å². The minimum atomic E-state index is -0.602. The predicted molar refractivity (Wildman–Crippen MR) is 89.5 cm³/mol. The molecule has 0 radical (unpaired) electrons. The van der Waals surface area contributed by atoms with Crippen LogP contribution in [0.2, 0.25) is 0 Å². The number of amides is 1. The second-order valence-electron chi connectivity index (χ2n) is 4.98. The van der Waals surface area contributed by atoms with E-state index in [1.54, 1.807) is 24.3 Å². The monoisotopic (exact) mass is 339 g/mol. The molecule has 0 aliphatic heterocycles. The molecule has 1 amide bonds. The van der Waals surface area contributed by atoms with Gasteiger partial charge in [0.25, 0.3) is 5.91 Å². The number of hydrogen-bond acceptors (Lipinski definition) is 5. The molecule has 0 fully saturated rings. The van der Waals surface area contributed by atoms with Crippen molar-refractivity contribution >= 4 is 11.6 Å². The number of aromatic nitrogens is 2. The molecule has 0 aliphatic carbocycles. The molecular weight excluding hydrogens is 325 g/mol. The van der Waals surface area contributed by atoms with Gasteiger partial charge in [0, 0.05) is 29.7 Å². The Morgan fingerprint density at radius 1 is 1.16 bits per heavy atom. The molecule has 25 heavy (non-hydrogen) atoms. The second-order valence-corrected chi connectivity index (χ2v) is 4.98. The SMILES string of the molecule is COc1ccc(C(=O)Nc2cccc(Oc3cnccn3)c2)cc1F. The molecule has 2 aromatic carbocycles. The van der Waals surface area contributed by atoms with E-state index in [2.05, 4.69) is 15.3 Å². The number of anilines is 1. The third kappa shape index (κ3) is 4.08. The topological polar surface area (TPSA) is 73.3 Å². The molecule has 126 valence electrons. The number of carbonyl (C=O) groups is 1. The molecule has 3 aromatic rings. The smallest absolute Gasteiger partial charge is 0.255 e. The highest BCUT2D eigenvalue weighted by molar-refractivity contribution is 6.04. The van der Waals surface area contributed by atoms with E-state index < -0.39 is 11.7 Å². The summed E-state index contributed by atoms with van der Waals surface area (Å²) in [6.07, 6.45) is 4.53. The van der Waals surface area contributed by atoms with Gasteiger partial charge >= 0.3 is 0 Å². The zero-order chi connectivity index (χ0) is 17.6. The number of methoxy groups -OCH3 is 1. The summed E-state index contributed by atoms with van der Waals surface area (Å²) in [4.78, 5) is 20.2. The fourth-order valence-electron chi connectivity index (χ4n) is 2.11. The van der Waals surface area contributed by atoms with Crippen LogP contribution >= 0.6 is 0 Å². The van der Waals surface area contributed by atoms with Crippen LogP contribution in [0, 0.1) is 5.82 Å². The van der Waals surface area contributed by atoms with Crippen molar-refractivity contribution in [3.05, 3.63) is 72.4 Å². The average Bonchev–Trinajstić information content (AvgIpc) is 2.63. The van der Waals surface area contributed by atoms with Crippen LogP contribution in [0.1, 0.15) is 10.4 Å². The fraction of sp³-hybridized carbons (Fsp3) is 0.0556. The lowest BCUT2D eigenvalue weighted by Crippen LogP contribution is -2.12. The maximum absolute atomic E-state index is 13.7. The summed E-state index contributed by atoms with van der Waals surface area (Å²) in [6.45, 7) is 0. The normalized spacial score (nSPS) is 10.2. The number of rotatable bonds is 5. The Kier molecular flexibility index (Phi) is 4.84. The molecule has 1 heterocycles. The van der Waals surface area contributed by atoms with Crippen molar-refractivity contribution in [2.24, 2.45) is 0 Å². The summed E-state index contributed by atoms with van der Waals surface area (Å²) >= 11 is 0. The van der Waals surface area contributed by atoms with Crippen LogP contribution in [0.3, 0.4) is 0 Å². The Bertz CT molecular complexity index is 888. The Balaban J connectivity index is 1.73. The Hall–Kier alpha value is -3.48. The van der Waals surface area contributed by atoms with E-state index in [1.165, 1.54) is 37.8 Å². The lowest BCUT2D eigenvalue weighted by molar-refractivity contribution is 0.102. The maximum Gasteiger partial charge on any atom is 0.255 e. The van der Waals surface area contributed by atoms with Crippen molar-refractivity contribution in [3.8, 4) is 17.4 Å². The molecule has 6 nitrogen and oxygen atoms in total. The average molecular weight is 339 g/mol. The highest BCUT2D eigenvalue weighted by Gasteiger charge is 2.11. The molecule has 0 saturated heterocycles. The molecule has 0 bridgehead atoms. The highest BCUT2D eigenvalue weighted by Crippen LogP contribution is 2.23. The summed E-state index contributed by atoms with van der Waals surface area (Å²) in [5.74, 6) is -0.147. The van der Waals surface area contributed by atoms with Gasteiger partial charge in [-0.15, -0.1) is 0 Å². The van der Waals surface area contributed by atoms with Gasteiger partial charge in [-0.25, -0.2) is 9.37 Å². The fourth-order valence-corrected chi connectivity index (χ4v) is 2.11. The summed E-state index contributed by atoms with van der Waals surface area (Å²) in [7, 11) is 1.36. The number of nitrogens with one attached hydrogen (secondary N) is 1. The van der Waals surface area contributed by atoms with Gasteiger partial charge in [0.05, 0.1) is 13.3 Å². The molecule has 3 rings (SSSR count). The zero-order valence-corrected chi connectivity index (χ0v) is 13.3. The van der Waals surface area contributed by atoms with Gasteiger partial charge in [0.1, 0.15) is 5.75 Å². The van der Waals surface area contributed by atoms with Gasteiger partial charge in [-0.1, -0.05) is 6.07 Å². The molecule has 7 heteroatoms. The molecule has 1 N–H and O–H groups in total. The van der Waals surface area contributed by atoms with Gasteiger partial charge in [-0.2, -0.15) is 0 Å². The lowest BCUT2D eigenvalue weighted by Gasteiger charge is -2.09. The first-order valence-corrected chi connectivity index (χ1v) is 7.34. The van der Waals surface area contributed by atoms with Crippen LogP contribution in [-0.4, -0.2) is 23.0 Å². The van der Waals surface area contributed by atoms with Crippen LogP contribution < -0.4 is 14.8 Å². The number of carbonyl (C=O) groups excluding carboxylic acids is 1. The van der Waals surface area contributed by atoms with Gasteiger partial charge in [0.15, 0.2) is 11.6 Å². The van der Waals surface area contributed by atoms with Crippen LogP contribution in [0.25, 0.3) is 0 Å². The largest absolute Gasteiger partial charge is 0.494 e. The number of ether oxygens (including phenoxy) is 2. The van der Waals surface area contributed by atoms with Crippen molar-refractivity contribution in [2.75, 3.05) is 12.4 Å². The molecule has 0 unspecified atom stereocenters. The predicted octanol–water partition coefficient (Wildman–Crippen LogP) is 3.67. The van der Waals surface area contributed by atoms with Gasteiger partial charge in [0.2, 0.25) is 5.88 Å². The van der Waals surface area contributed by atoms with Gasteiger partial charge in [-0.3, -0.25) is 9.78 Å². The highest BCUT2D eigenvalue weighted by atomic mass is 19.1. The number of nitrogens with zero attached hydrogens (tertiary/aromatic N) is 2. The van der Waals surface area contributed by atoms with Crippen LogP contribution in [0.4, 0.5) is 10.1 Å². The molecule has 1 aromatic heterocycles. The molecule has 0 saturated carbocycles. The standard InChI is InChI=1S/C18H14FN3O3/c1-24-16-6-5-12(9-15(16)19)18(23)22-13-3-2-4-14(10-13)25-17-11-20-7-8-21-17/h2-11H,1H3,(H,22,23). The minimum Gasteiger partial charge on any atom is -0.494 e.